The molecule has 0 radical (unpaired) electrons. The van der Waals surface area contributed by atoms with Crippen LogP contribution in [-0.2, 0) is 5.41 Å². The summed E-state index contributed by atoms with van der Waals surface area (Å²) in [5.41, 5.74) is 8.93. The summed E-state index contributed by atoms with van der Waals surface area (Å²) in [4.78, 5) is 2.48. The fraction of sp³-hybridized carbons (Fsp3) is 0.0667. The molecule has 0 aliphatic heterocycles. The number of anilines is 3. The normalized spacial score (nSPS) is 13.5. The van der Waals surface area contributed by atoms with Gasteiger partial charge in [0.2, 0.25) is 0 Å². The number of rotatable bonds is 3. The average Bonchev–Trinajstić information content (AvgIpc) is 3.59. The monoisotopic (exact) mass is 617 g/mol. The lowest BCUT2D eigenvalue weighted by molar-refractivity contribution is 0.660. The van der Waals surface area contributed by atoms with Gasteiger partial charge in [0.1, 0.15) is 0 Å². The van der Waals surface area contributed by atoms with E-state index in [-0.39, 0.29) is 5.41 Å². The van der Waals surface area contributed by atoms with Gasteiger partial charge in [0.05, 0.1) is 5.69 Å². The van der Waals surface area contributed by atoms with Crippen molar-refractivity contribution in [3.8, 4) is 11.1 Å². The molecular formula is C45H31NS. The Hall–Kier alpha value is -5.44. The van der Waals surface area contributed by atoms with Crippen LogP contribution in [0.2, 0.25) is 0 Å². The van der Waals surface area contributed by atoms with E-state index in [1.54, 1.807) is 0 Å². The number of thiophene rings is 1. The number of nitrogens with zero attached hydrogens (tertiary/aromatic N) is 1. The van der Waals surface area contributed by atoms with Gasteiger partial charge in [-0.1, -0.05) is 129 Å². The average molecular weight is 618 g/mol. The van der Waals surface area contributed by atoms with Gasteiger partial charge in [-0.2, -0.15) is 0 Å². The van der Waals surface area contributed by atoms with Crippen molar-refractivity contribution in [3.63, 3.8) is 0 Å². The highest BCUT2D eigenvalue weighted by atomic mass is 32.1. The zero-order valence-electron chi connectivity index (χ0n) is 26.3. The number of fused-ring (bicyclic) bond motifs is 11. The van der Waals surface area contributed by atoms with E-state index in [4.69, 9.17) is 0 Å². The van der Waals surface area contributed by atoms with Crippen molar-refractivity contribution in [2.24, 2.45) is 0 Å². The first kappa shape index (κ1) is 26.7. The molecule has 0 atom stereocenters. The Balaban J connectivity index is 1.27. The van der Waals surface area contributed by atoms with Crippen molar-refractivity contribution >= 4 is 80.9 Å². The molecule has 1 heterocycles. The molecule has 1 aliphatic carbocycles. The molecule has 10 rings (SSSR count). The minimum Gasteiger partial charge on any atom is -0.310 e. The Morgan fingerprint density at radius 3 is 2.04 bits per heavy atom. The summed E-state index contributed by atoms with van der Waals surface area (Å²) in [7, 11) is 0. The summed E-state index contributed by atoms with van der Waals surface area (Å²) in [6.07, 6.45) is 0. The van der Waals surface area contributed by atoms with E-state index in [1.165, 1.54) is 91.8 Å². The first-order valence-corrected chi connectivity index (χ1v) is 17.2. The Bertz CT molecular complexity index is 2730. The largest absolute Gasteiger partial charge is 0.310 e. The SMILES string of the molecule is CC1(C)c2ccccc2-c2cc(N(c3ccc4c(c3)sc3ccccc34)c3cccc4c3ccc3ccc5ccccc5c34)ccc21. The van der Waals surface area contributed by atoms with E-state index in [9.17, 15) is 0 Å². The number of hydrogen-bond donors (Lipinski definition) is 0. The second-order valence-corrected chi connectivity index (χ2v) is 14.4. The van der Waals surface area contributed by atoms with Crippen LogP contribution >= 0.6 is 11.3 Å². The Morgan fingerprint density at radius 2 is 1.11 bits per heavy atom. The van der Waals surface area contributed by atoms with Crippen LogP contribution in [-0.4, -0.2) is 0 Å². The van der Waals surface area contributed by atoms with Crippen LogP contribution < -0.4 is 4.90 Å². The first-order valence-electron chi connectivity index (χ1n) is 16.4. The molecular weight excluding hydrogens is 587 g/mol. The van der Waals surface area contributed by atoms with E-state index in [1.807, 2.05) is 11.3 Å². The van der Waals surface area contributed by atoms with Gasteiger partial charge in [-0.15, -0.1) is 11.3 Å². The topological polar surface area (TPSA) is 3.24 Å². The molecule has 8 aromatic carbocycles. The van der Waals surface area contributed by atoms with Crippen molar-refractivity contribution in [2.75, 3.05) is 4.90 Å². The van der Waals surface area contributed by atoms with Gasteiger partial charge in [0.25, 0.3) is 0 Å². The van der Waals surface area contributed by atoms with Crippen LogP contribution in [0.4, 0.5) is 17.1 Å². The number of hydrogen-bond acceptors (Lipinski definition) is 2. The lowest BCUT2D eigenvalue weighted by Crippen LogP contribution is -2.15. The van der Waals surface area contributed by atoms with Crippen molar-refractivity contribution in [2.45, 2.75) is 19.3 Å². The molecule has 0 saturated heterocycles. The van der Waals surface area contributed by atoms with Crippen molar-refractivity contribution in [1.29, 1.82) is 0 Å². The lowest BCUT2D eigenvalue weighted by Gasteiger charge is -2.28. The summed E-state index contributed by atoms with van der Waals surface area (Å²) >= 11 is 1.87. The summed E-state index contributed by atoms with van der Waals surface area (Å²) in [6.45, 7) is 4.70. The van der Waals surface area contributed by atoms with E-state index in [0.717, 1.165) is 0 Å². The second kappa shape index (κ2) is 9.78. The van der Waals surface area contributed by atoms with Gasteiger partial charge in [-0.05, 0) is 85.6 Å². The summed E-state index contributed by atoms with van der Waals surface area (Å²) in [5, 5.41) is 10.3. The highest BCUT2D eigenvalue weighted by molar-refractivity contribution is 7.25. The molecule has 222 valence electrons. The minimum absolute atomic E-state index is 0.0370. The molecule has 0 fully saturated rings. The smallest absolute Gasteiger partial charge is 0.0540 e. The first-order chi connectivity index (χ1) is 23.1. The molecule has 1 nitrogen and oxygen atoms in total. The van der Waals surface area contributed by atoms with Gasteiger partial charge in [0.15, 0.2) is 0 Å². The van der Waals surface area contributed by atoms with Gasteiger partial charge in [0, 0.05) is 42.3 Å². The predicted molar refractivity (Wildman–Crippen MR) is 204 cm³/mol. The highest BCUT2D eigenvalue weighted by Crippen LogP contribution is 2.51. The van der Waals surface area contributed by atoms with E-state index in [0.29, 0.717) is 0 Å². The van der Waals surface area contributed by atoms with Crippen LogP contribution in [0.5, 0.6) is 0 Å². The van der Waals surface area contributed by atoms with Crippen LogP contribution in [0.25, 0.3) is 63.6 Å². The van der Waals surface area contributed by atoms with Gasteiger partial charge < -0.3 is 4.90 Å². The molecule has 0 bridgehead atoms. The zero-order chi connectivity index (χ0) is 31.3. The molecule has 0 N–H and O–H groups in total. The molecule has 1 aliphatic rings. The fourth-order valence-corrected chi connectivity index (χ4v) is 9.31. The quantitative estimate of drug-likeness (QED) is 0.178. The molecule has 0 saturated carbocycles. The second-order valence-electron chi connectivity index (χ2n) is 13.3. The minimum atomic E-state index is -0.0370. The van der Waals surface area contributed by atoms with Gasteiger partial charge >= 0.3 is 0 Å². The maximum Gasteiger partial charge on any atom is 0.0540 e. The van der Waals surface area contributed by atoms with E-state index in [2.05, 4.69) is 170 Å². The van der Waals surface area contributed by atoms with Crippen molar-refractivity contribution in [1.82, 2.24) is 0 Å². The Morgan fingerprint density at radius 1 is 0.447 bits per heavy atom. The van der Waals surface area contributed by atoms with E-state index >= 15 is 0 Å². The third-order valence-electron chi connectivity index (χ3n) is 10.4. The summed E-state index contributed by atoms with van der Waals surface area (Å²) in [5.74, 6) is 0. The summed E-state index contributed by atoms with van der Waals surface area (Å²) in [6, 6.07) is 56.5. The molecule has 2 heteroatoms. The third-order valence-corrected chi connectivity index (χ3v) is 11.6. The van der Waals surface area contributed by atoms with Crippen LogP contribution in [0.15, 0.2) is 152 Å². The van der Waals surface area contributed by atoms with Crippen molar-refractivity contribution < 1.29 is 0 Å². The molecule has 0 unspecified atom stereocenters. The van der Waals surface area contributed by atoms with Gasteiger partial charge in [-0.25, -0.2) is 0 Å². The molecule has 0 amide bonds. The molecule has 0 spiro atoms. The third kappa shape index (κ3) is 3.83. The van der Waals surface area contributed by atoms with Crippen LogP contribution in [0, 0.1) is 0 Å². The maximum atomic E-state index is 2.48. The van der Waals surface area contributed by atoms with Gasteiger partial charge in [-0.3, -0.25) is 0 Å². The highest BCUT2D eigenvalue weighted by Gasteiger charge is 2.35. The van der Waals surface area contributed by atoms with Crippen LogP contribution in [0.3, 0.4) is 0 Å². The number of benzene rings is 8. The molecule has 9 aromatic rings. The van der Waals surface area contributed by atoms with E-state index < -0.39 is 0 Å². The standard InChI is InChI=1S/C45H31NS/c1-45(2)39-15-7-5-12-33(39)38-26-30(22-25-40(38)45)46(31-21-24-36-35-13-6-8-17-42(35)47-43(36)27-31)41-16-9-14-37-34(41)23-20-29-19-18-28-10-3-4-11-32(28)44(29)37/h3-27H,1-2H3. The molecule has 47 heavy (non-hydrogen) atoms. The lowest BCUT2D eigenvalue weighted by atomic mass is 9.82. The Kier molecular flexibility index (Phi) is 5.57. The summed E-state index contributed by atoms with van der Waals surface area (Å²) < 4.78 is 2.63. The zero-order valence-corrected chi connectivity index (χ0v) is 27.1. The van der Waals surface area contributed by atoms with Crippen molar-refractivity contribution in [3.05, 3.63) is 163 Å². The van der Waals surface area contributed by atoms with Crippen LogP contribution in [0.1, 0.15) is 25.0 Å². The Labute approximate surface area is 278 Å². The fourth-order valence-electron chi connectivity index (χ4n) is 8.17. The predicted octanol–water partition coefficient (Wildman–Crippen LogP) is 13.3. The maximum absolute atomic E-state index is 2.48. The molecule has 1 aromatic heterocycles.